The first-order chi connectivity index (χ1) is 9.43. The molecule has 0 aromatic rings. The fourth-order valence-corrected chi connectivity index (χ4v) is 1.82. The largest absolute Gasteiger partial charge is 0.480 e. The van der Waals surface area contributed by atoms with Gasteiger partial charge in [0.2, 0.25) is 0 Å². The summed E-state index contributed by atoms with van der Waals surface area (Å²) >= 11 is 0. The molecule has 0 aliphatic carbocycles. The van der Waals surface area contributed by atoms with Crippen LogP contribution in [0.4, 0.5) is 4.79 Å². The van der Waals surface area contributed by atoms with Crippen molar-refractivity contribution < 1.29 is 24.2 Å². The fourth-order valence-electron chi connectivity index (χ4n) is 1.82. The van der Waals surface area contributed by atoms with E-state index in [0.717, 1.165) is 6.42 Å². The summed E-state index contributed by atoms with van der Waals surface area (Å²) in [6.45, 7) is 3.03. The summed E-state index contributed by atoms with van der Waals surface area (Å²) in [5.74, 6) is -1.66. The molecule has 2 amide bonds. The number of urea groups is 1. The van der Waals surface area contributed by atoms with E-state index in [4.69, 9.17) is 5.11 Å². The van der Waals surface area contributed by atoms with Crippen molar-refractivity contribution in [3.05, 3.63) is 11.6 Å². The molecule has 112 valence electrons. The molecule has 2 N–H and O–H groups in total. The van der Waals surface area contributed by atoms with E-state index in [1.165, 1.54) is 12.7 Å². The van der Waals surface area contributed by atoms with Crippen molar-refractivity contribution in [3.8, 4) is 0 Å². The number of aliphatic carboxylic acids is 1. The number of carboxylic acids is 1. The van der Waals surface area contributed by atoms with Crippen LogP contribution in [0.2, 0.25) is 0 Å². The molecule has 0 fully saturated rings. The van der Waals surface area contributed by atoms with Gasteiger partial charge < -0.3 is 20.1 Å². The van der Waals surface area contributed by atoms with Crippen molar-refractivity contribution >= 4 is 18.0 Å². The van der Waals surface area contributed by atoms with Crippen molar-refractivity contribution in [2.24, 2.45) is 0 Å². The number of carboxylic acid groups (broad SMARTS) is 1. The Morgan fingerprint density at radius 1 is 1.50 bits per heavy atom. The van der Waals surface area contributed by atoms with Gasteiger partial charge in [-0.2, -0.15) is 0 Å². The Kier molecular flexibility index (Phi) is 6.02. The van der Waals surface area contributed by atoms with E-state index in [1.807, 2.05) is 13.0 Å². The molecule has 0 saturated carbocycles. The molecule has 20 heavy (non-hydrogen) atoms. The number of carbonyl (C=O) groups excluding carboxylic acids is 2. The maximum atomic E-state index is 11.9. The maximum Gasteiger partial charge on any atom is 0.326 e. The Balaban J connectivity index is 2.51. The standard InChI is InChI=1S/C13H20N2O5/c1-9-5-7-15(8-6-9)13(19)14-10(12(17)18)3-4-11(16)20-2/h5,10H,3-4,6-8H2,1-2H3,(H,14,19)(H,17,18)/t10-/m0/s1. The van der Waals surface area contributed by atoms with Crippen molar-refractivity contribution in [1.29, 1.82) is 0 Å². The van der Waals surface area contributed by atoms with Crippen LogP contribution in [0.25, 0.3) is 0 Å². The normalized spacial score (nSPS) is 16.1. The molecule has 0 spiro atoms. The predicted octanol–water partition coefficient (Wildman–Crippen LogP) is 0.754. The molecule has 1 rings (SSSR count). The van der Waals surface area contributed by atoms with E-state index in [2.05, 4.69) is 10.1 Å². The highest BCUT2D eigenvalue weighted by molar-refractivity contribution is 5.83. The molecule has 1 atom stereocenters. The lowest BCUT2D eigenvalue weighted by Gasteiger charge is -2.27. The number of ether oxygens (including phenoxy) is 1. The molecule has 0 radical (unpaired) electrons. The van der Waals surface area contributed by atoms with Crippen LogP contribution in [-0.4, -0.2) is 54.2 Å². The molecule has 1 aliphatic heterocycles. The third-order valence-electron chi connectivity index (χ3n) is 3.18. The van der Waals surface area contributed by atoms with E-state index in [9.17, 15) is 14.4 Å². The van der Waals surface area contributed by atoms with Gasteiger partial charge in [0.25, 0.3) is 0 Å². The second-order valence-electron chi connectivity index (χ2n) is 4.70. The zero-order valence-electron chi connectivity index (χ0n) is 11.7. The van der Waals surface area contributed by atoms with Gasteiger partial charge in [-0.15, -0.1) is 0 Å². The van der Waals surface area contributed by atoms with Gasteiger partial charge >= 0.3 is 18.0 Å². The Morgan fingerprint density at radius 3 is 2.70 bits per heavy atom. The van der Waals surface area contributed by atoms with E-state index < -0.39 is 24.0 Å². The lowest BCUT2D eigenvalue weighted by atomic mass is 10.1. The highest BCUT2D eigenvalue weighted by Gasteiger charge is 2.24. The maximum absolute atomic E-state index is 11.9. The summed E-state index contributed by atoms with van der Waals surface area (Å²) < 4.78 is 4.45. The van der Waals surface area contributed by atoms with Crippen molar-refractivity contribution in [1.82, 2.24) is 10.2 Å². The Labute approximate surface area is 117 Å². The van der Waals surface area contributed by atoms with Gasteiger partial charge in [0.15, 0.2) is 0 Å². The number of methoxy groups -OCH3 is 1. The topological polar surface area (TPSA) is 95.9 Å². The summed E-state index contributed by atoms with van der Waals surface area (Å²) in [6.07, 6.45) is 2.68. The smallest absolute Gasteiger partial charge is 0.326 e. The molecule has 0 aromatic carbocycles. The monoisotopic (exact) mass is 284 g/mol. The Bertz CT molecular complexity index is 419. The number of amides is 2. The number of hydrogen-bond acceptors (Lipinski definition) is 4. The average Bonchev–Trinajstić information content (AvgIpc) is 2.43. The number of nitrogens with zero attached hydrogens (tertiary/aromatic N) is 1. The van der Waals surface area contributed by atoms with E-state index in [1.54, 1.807) is 4.90 Å². The van der Waals surface area contributed by atoms with Crippen LogP contribution in [0.15, 0.2) is 11.6 Å². The van der Waals surface area contributed by atoms with Crippen LogP contribution < -0.4 is 5.32 Å². The molecule has 0 aromatic heterocycles. The summed E-state index contributed by atoms with van der Waals surface area (Å²) in [5.41, 5.74) is 1.22. The lowest BCUT2D eigenvalue weighted by Crippen LogP contribution is -2.49. The summed E-state index contributed by atoms with van der Waals surface area (Å²) in [6, 6.07) is -1.51. The van der Waals surface area contributed by atoms with Crippen molar-refractivity contribution in [2.45, 2.75) is 32.2 Å². The van der Waals surface area contributed by atoms with Crippen LogP contribution in [0.5, 0.6) is 0 Å². The minimum Gasteiger partial charge on any atom is -0.480 e. The molecule has 1 aliphatic rings. The minimum absolute atomic E-state index is 0.0104. The van der Waals surface area contributed by atoms with Crippen LogP contribution in [-0.2, 0) is 14.3 Å². The van der Waals surface area contributed by atoms with E-state index in [0.29, 0.717) is 13.1 Å². The van der Waals surface area contributed by atoms with Gasteiger partial charge in [0.05, 0.1) is 7.11 Å². The molecular formula is C13H20N2O5. The van der Waals surface area contributed by atoms with Crippen LogP contribution >= 0.6 is 0 Å². The summed E-state index contributed by atoms with van der Waals surface area (Å²) in [4.78, 5) is 35.6. The molecule has 7 nitrogen and oxygen atoms in total. The number of nitrogens with one attached hydrogen (secondary N) is 1. The first-order valence-electron chi connectivity index (χ1n) is 6.44. The molecule has 0 bridgehead atoms. The van der Waals surface area contributed by atoms with Gasteiger partial charge in [-0.3, -0.25) is 4.79 Å². The van der Waals surface area contributed by atoms with Gasteiger partial charge in [0.1, 0.15) is 6.04 Å². The lowest BCUT2D eigenvalue weighted by molar-refractivity contribution is -0.142. The SMILES string of the molecule is COC(=O)CC[C@H](NC(=O)N1CC=C(C)CC1)C(=O)O. The van der Waals surface area contributed by atoms with Crippen LogP contribution in [0.1, 0.15) is 26.2 Å². The third-order valence-corrected chi connectivity index (χ3v) is 3.18. The van der Waals surface area contributed by atoms with Crippen molar-refractivity contribution in [3.63, 3.8) is 0 Å². The van der Waals surface area contributed by atoms with E-state index >= 15 is 0 Å². The Morgan fingerprint density at radius 2 is 2.20 bits per heavy atom. The van der Waals surface area contributed by atoms with Crippen LogP contribution in [0.3, 0.4) is 0 Å². The number of esters is 1. The second kappa shape index (κ2) is 7.52. The van der Waals surface area contributed by atoms with Gasteiger partial charge in [-0.1, -0.05) is 11.6 Å². The summed E-state index contributed by atoms with van der Waals surface area (Å²) in [5, 5.41) is 11.5. The number of carbonyl (C=O) groups is 3. The highest BCUT2D eigenvalue weighted by atomic mass is 16.5. The van der Waals surface area contributed by atoms with E-state index in [-0.39, 0.29) is 12.8 Å². The zero-order valence-corrected chi connectivity index (χ0v) is 11.7. The van der Waals surface area contributed by atoms with Crippen LogP contribution in [0, 0.1) is 0 Å². The van der Waals surface area contributed by atoms with Gasteiger partial charge in [-0.05, 0) is 19.8 Å². The second-order valence-corrected chi connectivity index (χ2v) is 4.70. The first kappa shape index (κ1) is 16.0. The number of rotatable bonds is 5. The number of hydrogen-bond donors (Lipinski definition) is 2. The first-order valence-corrected chi connectivity index (χ1v) is 6.44. The molecule has 0 unspecified atom stereocenters. The Hall–Kier alpha value is -2.05. The molecule has 7 heteroatoms. The third kappa shape index (κ3) is 4.91. The summed E-state index contributed by atoms with van der Waals surface area (Å²) in [7, 11) is 1.24. The average molecular weight is 284 g/mol. The van der Waals surface area contributed by atoms with Crippen molar-refractivity contribution in [2.75, 3.05) is 20.2 Å². The molecular weight excluding hydrogens is 264 g/mol. The highest BCUT2D eigenvalue weighted by Crippen LogP contribution is 2.10. The fraction of sp³-hybridized carbons (Fsp3) is 0.615. The molecule has 1 heterocycles. The predicted molar refractivity (Wildman–Crippen MR) is 71.2 cm³/mol. The van der Waals surface area contributed by atoms with Gasteiger partial charge in [0, 0.05) is 19.5 Å². The van der Waals surface area contributed by atoms with Gasteiger partial charge in [-0.25, -0.2) is 9.59 Å². The minimum atomic E-state index is -1.16. The molecule has 0 saturated heterocycles. The zero-order chi connectivity index (χ0) is 15.1. The quantitative estimate of drug-likeness (QED) is 0.574.